The Hall–Kier alpha value is -2.09. The van der Waals surface area contributed by atoms with Crippen molar-refractivity contribution in [3.63, 3.8) is 0 Å². The zero-order chi connectivity index (χ0) is 12.0. The van der Waals surface area contributed by atoms with E-state index in [2.05, 4.69) is 53.7 Å². The average Bonchev–Trinajstić information content (AvgIpc) is 2.85. The molecule has 0 radical (unpaired) electrons. The molecule has 1 aliphatic heterocycles. The molecule has 1 aliphatic carbocycles. The molecule has 1 atom stereocenters. The summed E-state index contributed by atoms with van der Waals surface area (Å²) in [6, 6.07) is 13.1. The molecule has 2 aromatic rings. The van der Waals surface area contributed by atoms with Crippen molar-refractivity contribution in [2.75, 3.05) is 6.61 Å². The van der Waals surface area contributed by atoms with E-state index in [0.29, 0.717) is 6.61 Å². The molecule has 1 heterocycles. The van der Waals surface area contributed by atoms with Gasteiger partial charge >= 0.3 is 0 Å². The zero-order valence-electron chi connectivity index (χ0n) is 9.97. The molecular formula is C16H13NO. The van der Waals surface area contributed by atoms with Gasteiger partial charge in [-0.15, -0.1) is 0 Å². The normalized spacial score (nSPS) is 24.4. The minimum atomic E-state index is -0.0184. The van der Waals surface area contributed by atoms with Gasteiger partial charge in [0.25, 0.3) is 0 Å². The lowest BCUT2D eigenvalue weighted by atomic mass is 9.77. The van der Waals surface area contributed by atoms with Gasteiger partial charge in [0.05, 0.1) is 11.6 Å². The highest BCUT2D eigenvalue weighted by atomic mass is 16.6. The van der Waals surface area contributed by atoms with E-state index in [-0.39, 0.29) is 5.41 Å². The van der Waals surface area contributed by atoms with Crippen LogP contribution in [0, 0.1) is 5.41 Å². The fourth-order valence-corrected chi connectivity index (χ4v) is 2.81. The summed E-state index contributed by atoms with van der Waals surface area (Å²) < 4.78 is 0. The van der Waals surface area contributed by atoms with Crippen LogP contribution >= 0.6 is 0 Å². The molecule has 0 amide bonds. The number of oxime groups is 1. The maximum absolute atomic E-state index is 5.16. The monoisotopic (exact) mass is 235 g/mol. The van der Waals surface area contributed by atoms with E-state index in [1.165, 1.54) is 21.9 Å². The number of nitrogens with zero attached hydrogens (tertiary/aromatic N) is 1. The van der Waals surface area contributed by atoms with E-state index < -0.39 is 0 Å². The van der Waals surface area contributed by atoms with Crippen molar-refractivity contribution in [3.05, 3.63) is 53.6 Å². The van der Waals surface area contributed by atoms with Crippen molar-refractivity contribution in [2.45, 2.75) is 6.42 Å². The van der Waals surface area contributed by atoms with Gasteiger partial charge in [0.15, 0.2) is 0 Å². The Morgan fingerprint density at radius 2 is 1.94 bits per heavy atom. The molecule has 88 valence electrons. The fraction of sp³-hybridized carbons (Fsp3) is 0.188. The molecule has 0 bridgehead atoms. The van der Waals surface area contributed by atoms with E-state index in [4.69, 9.17) is 4.84 Å². The smallest absolute Gasteiger partial charge is 0.131 e. The predicted octanol–water partition coefficient (Wildman–Crippen LogP) is 3.41. The maximum Gasteiger partial charge on any atom is 0.131 e. The first kappa shape index (κ1) is 9.89. The molecular weight excluding hydrogens is 222 g/mol. The van der Waals surface area contributed by atoms with Crippen molar-refractivity contribution in [1.29, 1.82) is 0 Å². The van der Waals surface area contributed by atoms with Crippen molar-refractivity contribution in [3.8, 4) is 0 Å². The molecule has 0 saturated carbocycles. The molecule has 1 unspecified atom stereocenters. The number of rotatable bonds is 0. The van der Waals surface area contributed by atoms with Gasteiger partial charge in [0.1, 0.15) is 6.61 Å². The third kappa shape index (κ3) is 1.39. The molecule has 0 fully saturated rings. The van der Waals surface area contributed by atoms with Gasteiger partial charge in [-0.05, 0) is 34.4 Å². The Morgan fingerprint density at radius 3 is 2.72 bits per heavy atom. The van der Waals surface area contributed by atoms with Crippen LogP contribution < -0.4 is 0 Å². The van der Waals surface area contributed by atoms with Gasteiger partial charge in [0, 0.05) is 0 Å². The third-order valence-corrected chi connectivity index (χ3v) is 3.84. The highest BCUT2D eigenvalue weighted by Crippen LogP contribution is 2.35. The standard InChI is InChI=1S/C16H13NO/c1-2-4-13-8-15-9-16(10-17-18-11-16)6-5-14(15)7-12(13)3-1/h1-8,10H,9,11H2. The molecule has 4 rings (SSSR count). The first-order valence-electron chi connectivity index (χ1n) is 6.22. The molecule has 18 heavy (non-hydrogen) atoms. The Labute approximate surface area is 106 Å². The van der Waals surface area contributed by atoms with Crippen LogP contribution in [-0.2, 0) is 11.3 Å². The molecule has 0 saturated heterocycles. The van der Waals surface area contributed by atoms with Gasteiger partial charge in [0.2, 0.25) is 0 Å². The molecule has 2 aliphatic rings. The highest BCUT2D eigenvalue weighted by molar-refractivity contribution is 5.87. The Morgan fingerprint density at radius 1 is 1.11 bits per heavy atom. The van der Waals surface area contributed by atoms with Gasteiger partial charge in [-0.3, -0.25) is 0 Å². The number of fused-ring (bicyclic) bond motifs is 2. The molecule has 2 aromatic carbocycles. The second-order valence-corrected chi connectivity index (χ2v) is 5.15. The predicted molar refractivity (Wildman–Crippen MR) is 73.6 cm³/mol. The minimum absolute atomic E-state index is 0.0184. The first-order valence-corrected chi connectivity index (χ1v) is 6.22. The maximum atomic E-state index is 5.16. The second kappa shape index (κ2) is 3.45. The number of benzene rings is 2. The van der Waals surface area contributed by atoms with Crippen LogP contribution in [-0.4, -0.2) is 12.8 Å². The van der Waals surface area contributed by atoms with Crippen LogP contribution in [0.2, 0.25) is 0 Å². The van der Waals surface area contributed by atoms with Crippen molar-refractivity contribution in [1.82, 2.24) is 0 Å². The summed E-state index contributed by atoms with van der Waals surface area (Å²) in [5.74, 6) is 0. The summed E-state index contributed by atoms with van der Waals surface area (Å²) in [4.78, 5) is 5.16. The number of hydrogen-bond acceptors (Lipinski definition) is 2. The Bertz CT molecular complexity index is 687. The van der Waals surface area contributed by atoms with E-state index >= 15 is 0 Å². The molecule has 2 nitrogen and oxygen atoms in total. The van der Waals surface area contributed by atoms with Crippen LogP contribution in [0.5, 0.6) is 0 Å². The second-order valence-electron chi connectivity index (χ2n) is 5.15. The van der Waals surface area contributed by atoms with E-state index in [9.17, 15) is 0 Å². The zero-order valence-corrected chi connectivity index (χ0v) is 9.97. The van der Waals surface area contributed by atoms with E-state index in [1.54, 1.807) is 0 Å². The first-order chi connectivity index (χ1) is 8.85. The molecule has 2 heteroatoms. The highest BCUT2D eigenvalue weighted by Gasteiger charge is 2.33. The fourth-order valence-electron chi connectivity index (χ4n) is 2.81. The third-order valence-electron chi connectivity index (χ3n) is 3.84. The summed E-state index contributed by atoms with van der Waals surface area (Å²) in [6.07, 6.45) is 7.33. The van der Waals surface area contributed by atoms with Crippen LogP contribution in [0.3, 0.4) is 0 Å². The lowest BCUT2D eigenvalue weighted by molar-refractivity contribution is 0.135. The lowest BCUT2D eigenvalue weighted by Crippen LogP contribution is -2.26. The number of hydrogen-bond donors (Lipinski definition) is 0. The Kier molecular flexibility index (Phi) is 1.90. The quantitative estimate of drug-likeness (QED) is 0.685. The Balaban J connectivity index is 1.88. The molecule has 0 N–H and O–H groups in total. The van der Waals surface area contributed by atoms with Gasteiger partial charge in [-0.1, -0.05) is 47.6 Å². The van der Waals surface area contributed by atoms with Gasteiger partial charge in [-0.25, -0.2) is 0 Å². The summed E-state index contributed by atoms with van der Waals surface area (Å²) >= 11 is 0. The average molecular weight is 235 g/mol. The SMILES string of the molecule is C1=CC2(C=NOC2)Cc2cc3ccccc3cc21. The topological polar surface area (TPSA) is 21.6 Å². The van der Waals surface area contributed by atoms with E-state index in [1.807, 2.05) is 6.21 Å². The van der Waals surface area contributed by atoms with Crippen molar-refractivity contribution in [2.24, 2.45) is 10.6 Å². The van der Waals surface area contributed by atoms with E-state index in [0.717, 1.165) is 6.42 Å². The van der Waals surface area contributed by atoms with Crippen LogP contribution in [0.1, 0.15) is 11.1 Å². The lowest BCUT2D eigenvalue weighted by Gasteiger charge is -2.25. The molecule has 0 aromatic heterocycles. The summed E-state index contributed by atoms with van der Waals surface area (Å²) in [7, 11) is 0. The van der Waals surface area contributed by atoms with Crippen molar-refractivity contribution >= 4 is 23.1 Å². The summed E-state index contributed by atoms with van der Waals surface area (Å²) in [6.45, 7) is 0.662. The largest absolute Gasteiger partial charge is 0.395 e. The van der Waals surface area contributed by atoms with Crippen LogP contribution in [0.15, 0.2) is 47.6 Å². The summed E-state index contributed by atoms with van der Waals surface area (Å²) in [5.41, 5.74) is 2.68. The van der Waals surface area contributed by atoms with Crippen LogP contribution in [0.25, 0.3) is 16.8 Å². The van der Waals surface area contributed by atoms with Crippen LogP contribution in [0.4, 0.5) is 0 Å². The summed E-state index contributed by atoms with van der Waals surface area (Å²) in [5, 5.41) is 6.52. The van der Waals surface area contributed by atoms with Crippen molar-refractivity contribution < 1.29 is 4.84 Å². The minimum Gasteiger partial charge on any atom is -0.395 e. The molecule has 1 spiro atoms. The van der Waals surface area contributed by atoms with Gasteiger partial charge < -0.3 is 4.84 Å². The van der Waals surface area contributed by atoms with Gasteiger partial charge in [-0.2, -0.15) is 0 Å².